The second kappa shape index (κ2) is 8.66. The van der Waals surface area contributed by atoms with E-state index in [1.165, 1.54) is 33.4 Å². The molecule has 0 bridgehead atoms. The molecule has 2 aromatic rings. The van der Waals surface area contributed by atoms with Crippen LogP contribution < -0.4 is 0 Å². The summed E-state index contributed by atoms with van der Waals surface area (Å²) >= 11 is 5.18. The Bertz CT molecular complexity index is 988. The van der Waals surface area contributed by atoms with Crippen LogP contribution in [-0.2, 0) is 33.3 Å². The molecule has 156 valence electrons. The van der Waals surface area contributed by atoms with Gasteiger partial charge in [0, 0.05) is 27.2 Å². The molecule has 2 aromatic heterocycles. The van der Waals surface area contributed by atoms with Crippen LogP contribution in [0.4, 0.5) is 0 Å². The molecule has 1 aliphatic rings. The van der Waals surface area contributed by atoms with E-state index >= 15 is 0 Å². The minimum absolute atomic E-state index is 0.0499. The van der Waals surface area contributed by atoms with Crippen molar-refractivity contribution in [3.05, 3.63) is 17.3 Å². The number of aromatic nitrogens is 4. The van der Waals surface area contributed by atoms with E-state index in [-0.39, 0.29) is 13.0 Å². The van der Waals surface area contributed by atoms with Crippen molar-refractivity contribution in [1.29, 1.82) is 0 Å². The molecule has 1 fully saturated rings. The summed E-state index contributed by atoms with van der Waals surface area (Å²) in [6, 6.07) is 0. The van der Waals surface area contributed by atoms with Crippen molar-refractivity contribution < 1.29 is 33.3 Å². The number of imidazole rings is 1. The van der Waals surface area contributed by atoms with Gasteiger partial charge in [0.2, 0.25) is 0 Å². The minimum atomic E-state index is -0.953. The van der Waals surface area contributed by atoms with Gasteiger partial charge in [-0.3, -0.25) is 19.0 Å². The molecule has 0 aliphatic carbocycles. The van der Waals surface area contributed by atoms with E-state index in [0.717, 1.165) is 0 Å². The van der Waals surface area contributed by atoms with Gasteiger partial charge in [0.15, 0.2) is 23.1 Å². The van der Waals surface area contributed by atoms with Gasteiger partial charge in [-0.2, -0.15) is 0 Å². The van der Waals surface area contributed by atoms with E-state index in [4.69, 9.17) is 31.2 Å². The maximum absolute atomic E-state index is 11.7. The lowest BCUT2D eigenvalue weighted by Gasteiger charge is -2.23. The second-order valence-electron chi connectivity index (χ2n) is 6.40. The van der Waals surface area contributed by atoms with Gasteiger partial charge in [-0.15, -0.1) is 0 Å². The standard InChI is InChI=1S/C17H20N4O7S/c1-8(22)25-5-4-11-13(26-9(2)23)14(27-10(3)24)17(28-11)21-7-20-12-15(21)18-6-19-16(12)29/h6-7,11,13-14,17H,4-5H2,1-3H3,(H,18,19,29). The van der Waals surface area contributed by atoms with E-state index in [9.17, 15) is 14.4 Å². The van der Waals surface area contributed by atoms with Crippen molar-refractivity contribution in [2.75, 3.05) is 6.61 Å². The molecule has 29 heavy (non-hydrogen) atoms. The van der Waals surface area contributed by atoms with Gasteiger partial charge in [0.25, 0.3) is 0 Å². The molecular formula is C17H20N4O7S. The lowest BCUT2D eigenvalue weighted by atomic mass is 10.1. The third-order valence-corrected chi connectivity index (χ3v) is 4.55. The van der Waals surface area contributed by atoms with E-state index in [1.807, 2.05) is 0 Å². The first-order valence-electron chi connectivity index (χ1n) is 8.81. The zero-order chi connectivity index (χ0) is 21.1. The molecule has 0 amide bonds. The van der Waals surface area contributed by atoms with Crippen LogP contribution in [0.1, 0.15) is 33.4 Å². The Hall–Kier alpha value is -2.86. The third-order valence-electron chi connectivity index (χ3n) is 4.25. The normalized spacial score (nSPS) is 23.7. The molecule has 0 spiro atoms. The Kier molecular flexibility index (Phi) is 6.23. The van der Waals surface area contributed by atoms with Gasteiger partial charge in [0.1, 0.15) is 17.3 Å². The van der Waals surface area contributed by atoms with Gasteiger partial charge >= 0.3 is 17.9 Å². The van der Waals surface area contributed by atoms with Gasteiger partial charge in [-0.1, -0.05) is 12.2 Å². The molecule has 3 heterocycles. The predicted molar refractivity (Wildman–Crippen MR) is 99.0 cm³/mol. The minimum Gasteiger partial charge on any atom is -0.466 e. The first kappa shape index (κ1) is 20.9. The fraction of sp³-hybridized carbons (Fsp3) is 0.529. The maximum Gasteiger partial charge on any atom is 0.303 e. The van der Waals surface area contributed by atoms with Crippen LogP contribution in [0.3, 0.4) is 0 Å². The monoisotopic (exact) mass is 424 g/mol. The molecule has 4 unspecified atom stereocenters. The number of H-pyrrole nitrogens is 1. The van der Waals surface area contributed by atoms with Gasteiger partial charge in [0.05, 0.1) is 19.3 Å². The summed E-state index contributed by atoms with van der Waals surface area (Å²) < 4.78 is 23.8. The number of hydrogen-bond donors (Lipinski definition) is 1. The second-order valence-corrected chi connectivity index (χ2v) is 6.79. The fourth-order valence-corrected chi connectivity index (χ4v) is 3.40. The average molecular weight is 424 g/mol. The molecule has 1 saturated heterocycles. The SMILES string of the molecule is CC(=O)OCCC1OC(n2cnc3c(=S)nc[nH]c32)C(OC(C)=O)C1OC(C)=O. The first-order chi connectivity index (χ1) is 13.8. The van der Waals surface area contributed by atoms with Gasteiger partial charge in [-0.05, 0) is 0 Å². The molecular weight excluding hydrogens is 404 g/mol. The zero-order valence-electron chi connectivity index (χ0n) is 16.0. The molecule has 1 N–H and O–H groups in total. The largest absolute Gasteiger partial charge is 0.466 e. The number of aromatic amines is 1. The summed E-state index contributed by atoms with van der Waals surface area (Å²) in [5.74, 6) is -1.57. The molecule has 0 radical (unpaired) electrons. The molecule has 1 aliphatic heterocycles. The Morgan fingerprint density at radius 1 is 1.14 bits per heavy atom. The van der Waals surface area contributed by atoms with Crippen molar-refractivity contribution in [1.82, 2.24) is 19.5 Å². The summed E-state index contributed by atoms with van der Waals surface area (Å²) in [5.41, 5.74) is 0.953. The van der Waals surface area contributed by atoms with E-state index < -0.39 is 42.4 Å². The number of nitrogens with zero attached hydrogens (tertiary/aromatic N) is 3. The van der Waals surface area contributed by atoms with Crippen molar-refractivity contribution in [2.45, 2.75) is 51.7 Å². The number of nitrogens with one attached hydrogen (secondary N) is 1. The highest BCUT2D eigenvalue weighted by atomic mass is 32.1. The van der Waals surface area contributed by atoms with Crippen LogP contribution in [0.15, 0.2) is 12.7 Å². The van der Waals surface area contributed by atoms with Crippen LogP contribution in [0.25, 0.3) is 11.2 Å². The summed E-state index contributed by atoms with van der Waals surface area (Å²) in [6.45, 7) is 3.83. The van der Waals surface area contributed by atoms with E-state index in [1.54, 1.807) is 4.57 Å². The number of carbonyl (C=O) groups excluding carboxylic acids is 3. The quantitative estimate of drug-likeness (QED) is 0.409. The number of carbonyl (C=O) groups is 3. The zero-order valence-corrected chi connectivity index (χ0v) is 16.8. The highest BCUT2D eigenvalue weighted by Gasteiger charge is 2.50. The molecule has 12 heteroatoms. The molecule has 0 aromatic carbocycles. The highest BCUT2D eigenvalue weighted by Crippen LogP contribution is 2.36. The Morgan fingerprint density at radius 2 is 1.83 bits per heavy atom. The Labute approximate surface area is 170 Å². The number of hydrogen-bond acceptors (Lipinski definition) is 10. The number of fused-ring (bicyclic) bond motifs is 1. The van der Waals surface area contributed by atoms with Crippen LogP contribution in [-0.4, -0.2) is 62.3 Å². The fourth-order valence-electron chi connectivity index (χ4n) is 3.20. The van der Waals surface area contributed by atoms with Crippen molar-refractivity contribution in [3.8, 4) is 0 Å². The molecule has 11 nitrogen and oxygen atoms in total. The van der Waals surface area contributed by atoms with E-state index in [2.05, 4.69) is 15.0 Å². The summed E-state index contributed by atoms with van der Waals surface area (Å²) in [5, 5.41) is 0. The van der Waals surface area contributed by atoms with Crippen molar-refractivity contribution >= 4 is 41.3 Å². The predicted octanol–water partition coefficient (Wildman–Crippen LogP) is 1.20. The summed E-state index contributed by atoms with van der Waals surface area (Å²) in [7, 11) is 0. The smallest absolute Gasteiger partial charge is 0.303 e. The van der Waals surface area contributed by atoms with E-state index in [0.29, 0.717) is 15.8 Å². The van der Waals surface area contributed by atoms with Crippen molar-refractivity contribution in [3.63, 3.8) is 0 Å². The summed E-state index contributed by atoms with van der Waals surface area (Å²) in [6.07, 6.45) is -0.279. The number of ether oxygens (including phenoxy) is 4. The van der Waals surface area contributed by atoms with Crippen molar-refractivity contribution in [2.24, 2.45) is 0 Å². The number of rotatable bonds is 6. The average Bonchev–Trinajstić information content (AvgIpc) is 3.18. The van der Waals surface area contributed by atoms with Crippen LogP contribution in [0, 0.1) is 4.64 Å². The van der Waals surface area contributed by atoms with Crippen LogP contribution in [0.5, 0.6) is 0 Å². The van der Waals surface area contributed by atoms with Gasteiger partial charge in [-0.25, -0.2) is 9.97 Å². The Balaban J connectivity index is 1.97. The molecule has 0 saturated carbocycles. The van der Waals surface area contributed by atoms with Crippen LogP contribution >= 0.6 is 12.2 Å². The van der Waals surface area contributed by atoms with Crippen LogP contribution in [0.2, 0.25) is 0 Å². The highest BCUT2D eigenvalue weighted by molar-refractivity contribution is 7.71. The first-order valence-corrected chi connectivity index (χ1v) is 9.22. The topological polar surface area (TPSA) is 135 Å². The van der Waals surface area contributed by atoms with Gasteiger partial charge < -0.3 is 23.9 Å². The lowest BCUT2D eigenvalue weighted by Crippen LogP contribution is -2.39. The number of esters is 3. The summed E-state index contributed by atoms with van der Waals surface area (Å²) in [4.78, 5) is 45.6. The Morgan fingerprint density at radius 3 is 2.48 bits per heavy atom. The molecule has 3 rings (SSSR count). The third kappa shape index (κ3) is 4.59. The maximum atomic E-state index is 11.7. The lowest BCUT2D eigenvalue weighted by molar-refractivity contribution is -0.165. The molecule has 4 atom stereocenters.